The van der Waals surface area contributed by atoms with Gasteiger partial charge in [-0.1, -0.05) is 29.6 Å². The van der Waals surface area contributed by atoms with Crippen LogP contribution in [0.5, 0.6) is 0 Å². The van der Waals surface area contributed by atoms with Crippen molar-refractivity contribution in [1.29, 1.82) is 0 Å². The first-order valence-corrected chi connectivity index (χ1v) is 11.8. The lowest BCUT2D eigenvalue weighted by molar-refractivity contribution is 0.346. The Labute approximate surface area is 181 Å². The summed E-state index contributed by atoms with van der Waals surface area (Å²) in [6.07, 6.45) is 2.93. The fourth-order valence-electron chi connectivity index (χ4n) is 3.81. The van der Waals surface area contributed by atoms with E-state index in [-0.39, 0.29) is 0 Å². The first kappa shape index (κ1) is 20.5. The summed E-state index contributed by atoms with van der Waals surface area (Å²) in [5, 5.41) is 1.15. The first-order valence-electron chi connectivity index (χ1n) is 9.62. The second kappa shape index (κ2) is 8.15. The van der Waals surface area contributed by atoms with Crippen molar-refractivity contribution in [2.75, 3.05) is 13.1 Å². The standard InChI is InChI=1S/C22H22Cl2N2O2S/c1-16-5-12-22(20-11-6-17(23)15-21(20)24)26(16)18-7-9-19(10-8-18)29(27,28)25-13-3-2-4-14-25/h5-12,15H,2-4,13-14H2,1H3. The van der Waals surface area contributed by atoms with Crippen molar-refractivity contribution in [3.8, 4) is 16.9 Å². The summed E-state index contributed by atoms with van der Waals surface area (Å²) < 4.78 is 29.5. The minimum atomic E-state index is -3.44. The Hall–Kier alpha value is -1.79. The summed E-state index contributed by atoms with van der Waals surface area (Å²) in [5.41, 5.74) is 3.70. The van der Waals surface area contributed by atoms with E-state index >= 15 is 0 Å². The summed E-state index contributed by atoms with van der Waals surface area (Å²) in [7, 11) is -3.44. The number of nitrogens with zero attached hydrogens (tertiary/aromatic N) is 2. The molecule has 3 aromatic rings. The van der Waals surface area contributed by atoms with Gasteiger partial charge in [0.25, 0.3) is 0 Å². The van der Waals surface area contributed by atoms with Gasteiger partial charge in [0, 0.05) is 35.1 Å². The van der Waals surface area contributed by atoms with Gasteiger partial charge >= 0.3 is 0 Å². The van der Waals surface area contributed by atoms with Crippen molar-refractivity contribution < 1.29 is 8.42 Å². The van der Waals surface area contributed by atoms with Crippen LogP contribution in [0.1, 0.15) is 25.0 Å². The molecule has 0 amide bonds. The van der Waals surface area contributed by atoms with Crippen molar-refractivity contribution in [2.24, 2.45) is 0 Å². The molecule has 4 nitrogen and oxygen atoms in total. The molecule has 1 fully saturated rings. The predicted octanol–water partition coefficient (Wildman–Crippen LogP) is 5.93. The highest BCUT2D eigenvalue weighted by Gasteiger charge is 2.26. The lowest BCUT2D eigenvalue weighted by atomic mass is 10.1. The number of benzene rings is 2. The molecule has 29 heavy (non-hydrogen) atoms. The van der Waals surface area contributed by atoms with Crippen molar-refractivity contribution >= 4 is 33.2 Å². The summed E-state index contributed by atoms with van der Waals surface area (Å²) in [6, 6.07) is 16.5. The molecule has 1 saturated heterocycles. The molecule has 0 atom stereocenters. The SMILES string of the molecule is Cc1ccc(-c2ccc(Cl)cc2Cl)n1-c1ccc(S(=O)(=O)N2CCCCC2)cc1. The van der Waals surface area contributed by atoms with Gasteiger partial charge in [-0.3, -0.25) is 0 Å². The quantitative estimate of drug-likeness (QED) is 0.495. The maximum Gasteiger partial charge on any atom is 0.243 e. The van der Waals surface area contributed by atoms with E-state index in [0.29, 0.717) is 28.0 Å². The van der Waals surface area contributed by atoms with E-state index in [1.165, 1.54) is 0 Å². The van der Waals surface area contributed by atoms with E-state index in [9.17, 15) is 8.42 Å². The van der Waals surface area contributed by atoms with Gasteiger partial charge in [0.2, 0.25) is 10.0 Å². The Morgan fingerprint density at radius 3 is 2.21 bits per heavy atom. The minimum absolute atomic E-state index is 0.332. The van der Waals surface area contributed by atoms with Gasteiger partial charge in [0.05, 0.1) is 15.6 Å². The number of hydrogen-bond donors (Lipinski definition) is 0. The van der Waals surface area contributed by atoms with Crippen molar-refractivity contribution in [3.05, 3.63) is 70.3 Å². The van der Waals surface area contributed by atoms with Gasteiger partial charge < -0.3 is 4.57 Å². The molecule has 4 rings (SSSR count). The molecule has 0 aliphatic carbocycles. The average molecular weight is 449 g/mol. The number of rotatable bonds is 4. The zero-order chi connectivity index (χ0) is 20.6. The normalized spacial score (nSPS) is 15.6. The van der Waals surface area contributed by atoms with Crippen LogP contribution in [0, 0.1) is 6.92 Å². The molecular formula is C22H22Cl2N2O2S. The maximum absolute atomic E-state index is 12.9. The zero-order valence-corrected chi connectivity index (χ0v) is 18.4. The van der Waals surface area contributed by atoms with E-state index < -0.39 is 10.0 Å². The Morgan fingerprint density at radius 1 is 0.862 bits per heavy atom. The third-order valence-electron chi connectivity index (χ3n) is 5.33. The van der Waals surface area contributed by atoms with Crippen LogP contribution in [0.3, 0.4) is 0 Å². The lowest BCUT2D eigenvalue weighted by Gasteiger charge is -2.26. The van der Waals surface area contributed by atoms with E-state index in [0.717, 1.165) is 41.9 Å². The molecule has 1 aromatic heterocycles. The van der Waals surface area contributed by atoms with Crippen molar-refractivity contribution in [1.82, 2.24) is 8.87 Å². The molecule has 0 saturated carbocycles. The number of aromatic nitrogens is 1. The third kappa shape index (κ3) is 3.97. The highest BCUT2D eigenvalue weighted by Crippen LogP contribution is 2.34. The zero-order valence-electron chi connectivity index (χ0n) is 16.1. The van der Waals surface area contributed by atoms with Crippen LogP contribution in [0.25, 0.3) is 16.9 Å². The molecule has 152 valence electrons. The fraction of sp³-hybridized carbons (Fsp3) is 0.273. The van der Waals surface area contributed by atoms with Gasteiger partial charge in [-0.2, -0.15) is 4.31 Å². The van der Waals surface area contributed by atoms with Gasteiger partial charge in [-0.15, -0.1) is 0 Å². The fourth-order valence-corrected chi connectivity index (χ4v) is 5.83. The number of piperidine rings is 1. The largest absolute Gasteiger partial charge is 0.314 e. The predicted molar refractivity (Wildman–Crippen MR) is 119 cm³/mol. The Kier molecular flexibility index (Phi) is 5.76. The van der Waals surface area contributed by atoms with Gasteiger partial charge in [0.1, 0.15) is 0 Å². The minimum Gasteiger partial charge on any atom is -0.314 e. The molecule has 0 radical (unpaired) electrons. The van der Waals surface area contributed by atoms with Crippen LogP contribution in [-0.2, 0) is 10.0 Å². The summed E-state index contributed by atoms with van der Waals surface area (Å²) in [4.78, 5) is 0.332. The molecule has 2 heterocycles. The topological polar surface area (TPSA) is 42.3 Å². The van der Waals surface area contributed by atoms with Crippen LogP contribution in [-0.4, -0.2) is 30.4 Å². The van der Waals surface area contributed by atoms with Crippen LogP contribution in [0.4, 0.5) is 0 Å². The highest BCUT2D eigenvalue weighted by molar-refractivity contribution is 7.89. The summed E-state index contributed by atoms with van der Waals surface area (Å²) in [5.74, 6) is 0. The van der Waals surface area contributed by atoms with Gasteiger partial charge in [0.15, 0.2) is 0 Å². The average Bonchev–Trinajstić information content (AvgIpc) is 3.10. The molecule has 0 unspecified atom stereocenters. The molecule has 1 aliphatic rings. The van der Waals surface area contributed by atoms with E-state index in [1.54, 1.807) is 22.5 Å². The Balaban J connectivity index is 1.71. The van der Waals surface area contributed by atoms with E-state index in [4.69, 9.17) is 23.2 Å². The van der Waals surface area contributed by atoms with Crippen LogP contribution < -0.4 is 0 Å². The van der Waals surface area contributed by atoms with Crippen molar-refractivity contribution in [2.45, 2.75) is 31.1 Å². The van der Waals surface area contributed by atoms with Crippen LogP contribution in [0.15, 0.2) is 59.5 Å². The number of sulfonamides is 1. The Bertz CT molecular complexity index is 1130. The molecule has 1 aliphatic heterocycles. The second-order valence-electron chi connectivity index (χ2n) is 7.28. The maximum atomic E-state index is 12.9. The van der Waals surface area contributed by atoms with Gasteiger partial charge in [-0.05, 0) is 74.4 Å². The Morgan fingerprint density at radius 2 is 1.55 bits per heavy atom. The van der Waals surface area contributed by atoms with Crippen molar-refractivity contribution in [3.63, 3.8) is 0 Å². The molecule has 0 spiro atoms. The third-order valence-corrected chi connectivity index (χ3v) is 7.79. The smallest absolute Gasteiger partial charge is 0.243 e. The van der Waals surface area contributed by atoms with E-state index in [1.807, 2.05) is 43.3 Å². The lowest BCUT2D eigenvalue weighted by Crippen LogP contribution is -2.35. The molecule has 2 aromatic carbocycles. The number of hydrogen-bond acceptors (Lipinski definition) is 2. The molecule has 0 N–H and O–H groups in total. The second-order valence-corrected chi connectivity index (χ2v) is 10.1. The van der Waals surface area contributed by atoms with Crippen LogP contribution in [0.2, 0.25) is 10.0 Å². The summed E-state index contributed by atoms with van der Waals surface area (Å²) in [6.45, 7) is 3.20. The number of aryl methyl sites for hydroxylation is 1. The highest BCUT2D eigenvalue weighted by atomic mass is 35.5. The van der Waals surface area contributed by atoms with E-state index in [2.05, 4.69) is 4.57 Å². The molecule has 0 bridgehead atoms. The molecular weight excluding hydrogens is 427 g/mol. The first-order chi connectivity index (χ1) is 13.9. The van der Waals surface area contributed by atoms with Gasteiger partial charge in [-0.25, -0.2) is 8.42 Å². The van der Waals surface area contributed by atoms with Crippen LogP contribution >= 0.6 is 23.2 Å². The monoisotopic (exact) mass is 448 g/mol. The number of halogens is 2. The molecule has 7 heteroatoms. The summed E-state index contributed by atoms with van der Waals surface area (Å²) >= 11 is 12.5.